The number of carbonyl (C=O) groups is 1. The zero-order valence-corrected chi connectivity index (χ0v) is 19.1. The van der Waals surface area contributed by atoms with Crippen LogP contribution in [0.25, 0.3) is 11.1 Å². The average molecular weight is 425 g/mol. The summed E-state index contributed by atoms with van der Waals surface area (Å²) in [6.45, 7) is 4.24. The third-order valence-corrected chi connectivity index (χ3v) is 5.72. The molecular formula is C29H32N2O. The minimum atomic E-state index is -0.296. The van der Waals surface area contributed by atoms with Crippen LogP contribution in [0.4, 0.5) is 5.69 Å². The first-order chi connectivity index (χ1) is 15.6. The number of nitrogens with zero attached hydrogens (tertiary/aromatic N) is 1. The molecule has 0 aliphatic heterocycles. The van der Waals surface area contributed by atoms with E-state index < -0.39 is 0 Å². The summed E-state index contributed by atoms with van der Waals surface area (Å²) in [5.74, 6) is 0.183. The number of anilines is 1. The summed E-state index contributed by atoms with van der Waals surface area (Å²) >= 11 is 0. The van der Waals surface area contributed by atoms with Crippen LogP contribution in [-0.2, 0) is 11.2 Å². The molecule has 0 radical (unpaired) electrons. The standard InChI is InChI=1S/C29H32N2O/c1-22(2)19-20-28(32)31-27-18-10-17-26(24-14-7-4-8-15-24)29(27)25(21-30)16-9-13-23-11-5-3-6-12-23/h3-8,10-12,14-15,17-18,22,25H,9,13,16,19-20H2,1-2H3,(H,31,32). The number of carbonyl (C=O) groups excluding carboxylic acids is 1. The van der Waals surface area contributed by atoms with E-state index in [4.69, 9.17) is 0 Å². The highest BCUT2D eigenvalue weighted by Gasteiger charge is 2.21. The molecule has 0 aliphatic rings. The van der Waals surface area contributed by atoms with Gasteiger partial charge in [-0.1, -0.05) is 86.6 Å². The molecule has 0 spiro atoms. The number of aryl methyl sites for hydroxylation is 1. The molecule has 1 amide bonds. The molecule has 32 heavy (non-hydrogen) atoms. The summed E-state index contributed by atoms with van der Waals surface area (Å²) in [6.07, 6.45) is 3.91. The predicted molar refractivity (Wildman–Crippen MR) is 132 cm³/mol. The predicted octanol–water partition coefficient (Wildman–Crippen LogP) is 7.36. The van der Waals surface area contributed by atoms with Crippen molar-refractivity contribution in [2.75, 3.05) is 5.32 Å². The molecular weight excluding hydrogens is 392 g/mol. The van der Waals surface area contributed by atoms with Gasteiger partial charge in [0, 0.05) is 17.7 Å². The highest BCUT2D eigenvalue weighted by molar-refractivity contribution is 5.93. The molecule has 0 aromatic heterocycles. The first-order valence-corrected chi connectivity index (χ1v) is 11.5. The fraction of sp³-hybridized carbons (Fsp3) is 0.310. The van der Waals surface area contributed by atoms with Crippen LogP contribution in [0.3, 0.4) is 0 Å². The van der Waals surface area contributed by atoms with E-state index >= 15 is 0 Å². The molecule has 3 aromatic rings. The lowest BCUT2D eigenvalue weighted by Gasteiger charge is -2.20. The molecule has 3 rings (SSSR count). The number of benzene rings is 3. The second-order valence-corrected chi connectivity index (χ2v) is 8.67. The van der Waals surface area contributed by atoms with Crippen LogP contribution >= 0.6 is 0 Å². The van der Waals surface area contributed by atoms with Crippen molar-refractivity contribution in [3.8, 4) is 17.2 Å². The van der Waals surface area contributed by atoms with E-state index in [0.29, 0.717) is 12.3 Å². The smallest absolute Gasteiger partial charge is 0.224 e. The van der Waals surface area contributed by atoms with E-state index in [-0.39, 0.29) is 11.8 Å². The fourth-order valence-electron chi connectivity index (χ4n) is 3.98. The number of nitriles is 1. The van der Waals surface area contributed by atoms with Crippen LogP contribution in [0.5, 0.6) is 0 Å². The first kappa shape index (κ1) is 23.3. The van der Waals surface area contributed by atoms with Gasteiger partial charge in [-0.2, -0.15) is 5.26 Å². The highest BCUT2D eigenvalue weighted by Crippen LogP contribution is 2.37. The number of hydrogen-bond acceptors (Lipinski definition) is 2. The molecule has 0 bridgehead atoms. The summed E-state index contributed by atoms with van der Waals surface area (Å²) < 4.78 is 0. The van der Waals surface area contributed by atoms with Gasteiger partial charge in [0.1, 0.15) is 0 Å². The van der Waals surface area contributed by atoms with Gasteiger partial charge in [0.2, 0.25) is 5.91 Å². The Morgan fingerprint density at radius 1 is 0.906 bits per heavy atom. The number of nitrogens with one attached hydrogen (secondary N) is 1. The van der Waals surface area contributed by atoms with Gasteiger partial charge in [0.25, 0.3) is 0 Å². The van der Waals surface area contributed by atoms with Crippen LogP contribution in [0.15, 0.2) is 78.9 Å². The number of rotatable bonds is 10. The monoisotopic (exact) mass is 424 g/mol. The molecule has 164 valence electrons. The van der Waals surface area contributed by atoms with E-state index in [0.717, 1.165) is 48.1 Å². The first-order valence-electron chi connectivity index (χ1n) is 11.5. The normalized spacial score (nSPS) is 11.7. The molecule has 0 fully saturated rings. The second-order valence-electron chi connectivity index (χ2n) is 8.67. The summed E-state index contributed by atoms with van der Waals surface area (Å²) in [7, 11) is 0. The fourth-order valence-corrected chi connectivity index (χ4v) is 3.98. The van der Waals surface area contributed by atoms with Crippen molar-refractivity contribution in [2.45, 2.75) is 51.9 Å². The Hall–Kier alpha value is -3.38. The van der Waals surface area contributed by atoms with Gasteiger partial charge in [-0.3, -0.25) is 4.79 Å². The average Bonchev–Trinajstić information content (AvgIpc) is 2.82. The molecule has 0 saturated heterocycles. The summed E-state index contributed by atoms with van der Waals surface area (Å²) in [5, 5.41) is 13.2. The summed E-state index contributed by atoms with van der Waals surface area (Å²) in [6, 6.07) is 28.9. The molecule has 0 heterocycles. The zero-order chi connectivity index (χ0) is 22.8. The molecule has 0 saturated carbocycles. The summed E-state index contributed by atoms with van der Waals surface area (Å²) in [5.41, 5.74) is 5.03. The molecule has 3 heteroatoms. The quantitative estimate of drug-likeness (QED) is 0.370. The number of hydrogen-bond donors (Lipinski definition) is 1. The van der Waals surface area contributed by atoms with Crippen LogP contribution in [0.2, 0.25) is 0 Å². The lowest BCUT2D eigenvalue weighted by molar-refractivity contribution is -0.116. The van der Waals surface area contributed by atoms with Crippen LogP contribution in [0.1, 0.15) is 56.6 Å². The Bertz CT molecular complexity index is 1040. The largest absolute Gasteiger partial charge is 0.326 e. The van der Waals surface area contributed by atoms with E-state index in [9.17, 15) is 10.1 Å². The van der Waals surface area contributed by atoms with Gasteiger partial charge in [-0.15, -0.1) is 0 Å². The molecule has 1 atom stereocenters. The van der Waals surface area contributed by atoms with Crippen LogP contribution in [0, 0.1) is 17.2 Å². The van der Waals surface area contributed by atoms with Crippen molar-refractivity contribution in [1.82, 2.24) is 0 Å². The van der Waals surface area contributed by atoms with Gasteiger partial charge in [0.05, 0.1) is 12.0 Å². The minimum Gasteiger partial charge on any atom is -0.326 e. The SMILES string of the molecule is CC(C)CCC(=O)Nc1cccc(-c2ccccc2)c1C(C#N)CCCc1ccccc1. The Kier molecular flexibility index (Phi) is 8.63. The number of amides is 1. The molecule has 3 aromatic carbocycles. The van der Waals surface area contributed by atoms with Crippen LogP contribution in [-0.4, -0.2) is 5.91 Å². The van der Waals surface area contributed by atoms with E-state index in [2.05, 4.69) is 55.6 Å². The Morgan fingerprint density at radius 2 is 1.59 bits per heavy atom. The second kappa shape index (κ2) is 11.9. The molecule has 1 unspecified atom stereocenters. The summed E-state index contributed by atoms with van der Waals surface area (Å²) in [4.78, 5) is 12.6. The topological polar surface area (TPSA) is 52.9 Å². The maximum atomic E-state index is 12.6. The van der Waals surface area contributed by atoms with Gasteiger partial charge >= 0.3 is 0 Å². The van der Waals surface area contributed by atoms with E-state index in [1.807, 2.05) is 48.5 Å². The van der Waals surface area contributed by atoms with Crippen LogP contribution < -0.4 is 5.32 Å². The van der Waals surface area contributed by atoms with Crippen molar-refractivity contribution in [3.05, 3.63) is 90.0 Å². The molecule has 3 nitrogen and oxygen atoms in total. The van der Waals surface area contributed by atoms with E-state index in [1.54, 1.807) is 0 Å². The van der Waals surface area contributed by atoms with Gasteiger partial charge in [-0.05, 0) is 54.4 Å². The Morgan fingerprint density at radius 3 is 2.25 bits per heavy atom. The zero-order valence-electron chi connectivity index (χ0n) is 19.1. The lowest BCUT2D eigenvalue weighted by Crippen LogP contribution is -2.15. The molecule has 0 aliphatic carbocycles. The van der Waals surface area contributed by atoms with Crippen molar-refractivity contribution >= 4 is 11.6 Å². The maximum Gasteiger partial charge on any atom is 0.224 e. The van der Waals surface area contributed by atoms with Crippen molar-refractivity contribution in [2.24, 2.45) is 5.92 Å². The Labute approximate surface area is 192 Å². The van der Waals surface area contributed by atoms with Crippen molar-refractivity contribution in [3.63, 3.8) is 0 Å². The van der Waals surface area contributed by atoms with Gasteiger partial charge in [-0.25, -0.2) is 0 Å². The molecule has 1 N–H and O–H groups in total. The van der Waals surface area contributed by atoms with Crippen molar-refractivity contribution < 1.29 is 4.79 Å². The lowest BCUT2D eigenvalue weighted by atomic mass is 9.86. The maximum absolute atomic E-state index is 12.6. The third-order valence-electron chi connectivity index (χ3n) is 5.72. The van der Waals surface area contributed by atoms with Gasteiger partial charge < -0.3 is 5.32 Å². The highest BCUT2D eigenvalue weighted by atomic mass is 16.1. The third kappa shape index (κ3) is 6.56. The van der Waals surface area contributed by atoms with E-state index in [1.165, 1.54) is 5.56 Å². The van der Waals surface area contributed by atoms with Crippen molar-refractivity contribution in [1.29, 1.82) is 5.26 Å². The minimum absolute atomic E-state index is 0.00568. The Balaban J connectivity index is 1.88. The van der Waals surface area contributed by atoms with Gasteiger partial charge in [0.15, 0.2) is 0 Å².